The second-order valence-corrected chi connectivity index (χ2v) is 4.25. The first-order chi connectivity index (χ1) is 8.66. The zero-order valence-corrected chi connectivity index (χ0v) is 10.7. The maximum Gasteiger partial charge on any atom is 0.341 e. The number of benzene rings is 2. The predicted octanol–water partition coefficient (Wildman–Crippen LogP) is 4.19. The summed E-state index contributed by atoms with van der Waals surface area (Å²) >= 11 is 5.97. The third-order valence-corrected chi connectivity index (χ3v) is 2.78. The molecule has 92 valence electrons. The molecule has 1 N–H and O–H groups in total. The number of aryl methyl sites for hydroxylation is 1. The van der Waals surface area contributed by atoms with Gasteiger partial charge in [0.15, 0.2) is 0 Å². The van der Waals surface area contributed by atoms with Gasteiger partial charge in [0.05, 0.1) is 5.69 Å². The lowest BCUT2D eigenvalue weighted by Crippen LogP contribution is -2.26. The molecular weight excluding hydrogens is 248 g/mol. The summed E-state index contributed by atoms with van der Waals surface area (Å²) in [7, 11) is 0. The second kappa shape index (κ2) is 5.56. The van der Waals surface area contributed by atoms with Crippen molar-refractivity contribution in [2.24, 2.45) is 0 Å². The van der Waals surface area contributed by atoms with E-state index in [4.69, 9.17) is 11.8 Å². The van der Waals surface area contributed by atoms with Crippen molar-refractivity contribution in [2.75, 3.05) is 9.74 Å². The van der Waals surface area contributed by atoms with Crippen LogP contribution in [0.1, 0.15) is 5.56 Å². The average Bonchev–Trinajstić information content (AvgIpc) is 2.39. The predicted molar refractivity (Wildman–Crippen MR) is 75.0 cm³/mol. The summed E-state index contributed by atoms with van der Waals surface area (Å²) in [5, 5.41) is 2.74. The molecule has 0 saturated carbocycles. The third-order valence-electron chi connectivity index (χ3n) is 2.43. The van der Waals surface area contributed by atoms with Gasteiger partial charge in [0, 0.05) is 17.5 Å². The standard InChI is InChI=1S/C14H13ClN2O/c1-11-6-5-7-12(10-11)16-14(18)17(15)13-8-3-2-4-9-13/h2-10H,1H3,(H,16,18). The quantitative estimate of drug-likeness (QED) is 0.807. The van der Waals surface area contributed by atoms with E-state index in [0.29, 0.717) is 5.69 Å². The zero-order valence-electron chi connectivity index (χ0n) is 9.93. The number of carbonyl (C=O) groups excluding carboxylic acids is 1. The molecule has 3 nitrogen and oxygen atoms in total. The van der Waals surface area contributed by atoms with Crippen molar-refractivity contribution in [1.82, 2.24) is 0 Å². The summed E-state index contributed by atoms with van der Waals surface area (Å²) in [6, 6.07) is 16.2. The molecule has 2 rings (SSSR count). The van der Waals surface area contributed by atoms with Crippen molar-refractivity contribution in [3.63, 3.8) is 0 Å². The van der Waals surface area contributed by atoms with Crippen molar-refractivity contribution in [3.8, 4) is 0 Å². The van der Waals surface area contributed by atoms with Gasteiger partial charge < -0.3 is 5.32 Å². The van der Waals surface area contributed by atoms with Crippen LogP contribution >= 0.6 is 11.8 Å². The Kier molecular flexibility index (Phi) is 3.85. The number of amides is 2. The Morgan fingerprint density at radius 1 is 1.11 bits per heavy atom. The minimum Gasteiger partial charge on any atom is -0.306 e. The van der Waals surface area contributed by atoms with E-state index in [1.165, 1.54) is 0 Å². The molecule has 0 bridgehead atoms. The highest BCUT2D eigenvalue weighted by Gasteiger charge is 2.12. The fraction of sp³-hybridized carbons (Fsp3) is 0.0714. The summed E-state index contributed by atoms with van der Waals surface area (Å²) in [4.78, 5) is 11.9. The lowest BCUT2D eigenvalue weighted by Gasteiger charge is -2.14. The Morgan fingerprint density at radius 2 is 1.83 bits per heavy atom. The van der Waals surface area contributed by atoms with E-state index in [2.05, 4.69) is 5.32 Å². The number of urea groups is 1. The van der Waals surface area contributed by atoms with Gasteiger partial charge in [0.2, 0.25) is 0 Å². The Morgan fingerprint density at radius 3 is 2.50 bits per heavy atom. The van der Waals surface area contributed by atoms with Gasteiger partial charge in [-0.25, -0.2) is 9.21 Å². The van der Waals surface area contributed by atoms with Crippen LogP contribution in [0.15, 0.2) is 54.6 Å². The Bertz CT molecular complexity index is 543. The Labute approximate surface area is 111 Å². The maximum atomic E-state index is 11.9. The molecule has 0 radical (unpaired) electrons. The van der Waals surface area contributed by atoms with Crippen LogP contribution in [0.5, 0.6) is 0 Å². The van der Waals surface area contributed by atoms with Crippen LogP contribution in [0.2, 0.25) is 0 Å². The van der Waals surface area contributed by atoms with Crippen molar-refractivity contribution in [3.05, 3.63) is 60.2 Å². The lowest BCUT2D eigenvalue weighted by molar-refractivity contribution is 0.260. The molecule has 0 spiro atoms. The number of hydrogen-bond donors (Lipinski definition) is 1. The monoisotopic (exact) mass is 260 g/mol. The second-order valence-electron chi connectivity index (χ2n) is 3.92. The van der Waals surface area contributed by atoms with E-state index in [9.17, 15) is 4.79 Å². The minimum absolute atomic E-state index is 0.381. The number of rotatable bonds is 2. The van der Waals surface area contributed by atoms with Crippen LogP contribution in [0.25, 0.3) is 0 Å². The van der Waals surface area contributed by atoms with Crippen LogP contribution < -0.4 is 9.74 Å². The topological polar surface area (TPSA) is 32.3 Å². The molecule has 18 heavy (non-hydrogen) atoms. The number of nitrogens with zero attached hydrogens (tertiary/aromatic N) is 1. The fourth-order valence-corrected chi connectivity index (χ4v) is 1.73. The first kappa shape index (κ1) is 12.5. The molecule has 0 aliphatic carbocycles. The summed E-state index contributed by atoms with van der Waals surface area (Å²) in [5.74, 6) is 0. The molecule has 0 aliphatic rings. The molecule has 0 saturated heterocycles. The maximum absolute atomic E-state index is 11.9. The summed E-state index contributed by atoms with van der Waals surface area (Å²) in [5.41, 5.74) is 2.43. The number of halogens is 1. The number of para-hydroxylation sites is 1. The van der Waals surface area contributed by atoms with E-state index in [1.54, 1.807) is 12.1 Å². The van der Waals surface area contributed by atoms with Crippen LogP contribution in [0.4, 0.5) is 16.2 Å². The largest absolute Gasteiger partial charge is 0.341 e. The van der Waals surface area contributed by atoms with E-state index in [0.717, 1.165) is 15.7 Å². The number of anilines is 2. The highest BCUT2D eigenvalue weighted by Crippen LogP contribution is 2.18. The van der Waals surface area contributed by atoms with Gasteiger partial charge in [0.1, 0.15) is 0 Å². The molecular formula is C14H13ClN2O. The van der Waals surface area contributed by atoms with E-state index in [-0.39, 0.29) is 6.03 Å². The van der Waals surface area contributed by atoms with Gasteiger partial charge in [-0.05, 0) is 36.8 Å². The molecule has 0 unspecified atom stereocenters. The normalized spacial score (nSPS) is 9.89. The number of hydrogen-bond acceptors (Lipinski definition) is 1. The van der Waals surface area contributed by atoms with Gasteiger partial charge in [0.25, 0.3) is 0 Å². The average molecular weight is 261 g/mol. The lowest BCUT2D eigenvalue weighted by atomic mass is 10.2. The molecule has 0 fully saturated rings. The Hall–Kier alpha value is -2.00. The highest BCUT2D eigenvalue weighted by atomic mass is 35.5. The fourth-order valence-electron chi connectivity index (χ4n) is 1.57. The zero-order chi connectivity index (χ0) is 13.0. The van der Waals surface area contributed by atoms with Crippen LogP contribution in [-0.4, -0.2) is 6.03 Å². The van der Waals surface area contributed by atoms with Gasteiger partial charge in [-0.3, -0.25) is 0 Å². The van der Waals surface area contributed by atoms with E-state index < -0.39 is 0 Å². The molecule has 2 aromatic rings. The smallest absolute Gasteiger partial charge is 0.306 e. The van der Waals surface area contributed by atoms with Crippen molar-refractivity contribution in [2.45, 2.75) is 6.92 Å². The minimum atomic E-state index is -0.381. The first-order valence-electron chi connectivity index (χ1n) is 5.55. The molecule has 0 aromatic heterocycles. The summed E-state index contributed by atoms with van der Waals surface area (Å²) in [6.45, 7) is 1.96. The van der Waals surface area contributed by atoms with Crippen molar-refractivity contribution in [1.29, 1.82) is 0 Å². The van der Waals surface area contributed by atoms with Crippen LogP contribution in [-0.2, 0) is 0 Å². The molecule has 4 heteroatoms. The number of nitrogens with one attached hydrogen (secondary N) is 1. The van der Waals surface area contributed by atoms with E-state index >= 15 is 0 Å². The van der Waals surface area contributed by atoms with Gasteiger partial charge >= 0.3 is 6.03 Å². The third kappa shape index (κ3) is 3.02. The summed E-state index contributed by atoms with van der Waals surface area (Å²) < 4.78 is 1.06. The SMILES string of the molecule is Cc1cccc(NC(=O)N(Cl)c2ccccc2)c1. The number of carbonyl (C=O) groups is 1. The Balaban J connectivity index is 2.09. The molecule has 2 amide bonds. The molecule has 0 aliphatic heterocycles. The van der Waals surface area contributed by atoms with Crippen LogP contribution in [0.3, 0.4) is 0 Å². The van der Waals surface area contributed by atoms with Crippen molar-refractivity contribution >= 4 is 29.2 Å². The van der Waals surface area contributed by atoms with Crippen LogP contribution in [0, 0.1) is 6.92 Å². The molecule has 2 aromatic carbocycles. The van der Waals surface area contributed by atoms with E-state index in [1.807, 2.05) is 49.4 Å². The molecule has 0 atom stereocenters. The molecule has 0 heterocycles. The van der Waals surface area contributed by atoms with Gasteiger partial charge in [-0.1, -0.05) is 30.3 Å². The van der Waals surface area contributed by atoms with Gasteiger partial charge in [-0.2, -0.15) is 0 Å². The van der Waals surface area contributed by atoms with Gasteiger partial charge in [-0.15, -0.1) is 0 Å². The first-order valence-corrected chi connectivity index (χ1v) is 5.89. The summed E-state index contributed by atoms with van der Waals surface area (Å²) in [6.07, 6.45) is 0. The highest BCUT2D eigenvalue weighted by molar-refractivity contribution is 6.38. The van der Waals surface area contributed by atoms with Crippen molar-refractivity contribution < 1.29 is 4.79 Å².